The molecule has 1 aromatic rings. The van der Waals surface area contributed by atoms with E-state index in [1.165, 1.54) is 18.5 Å². The summed E-state index contributed by atoms with van der Waals surface area (Å²) in [6, 6.07) is 13.1. The van der Waals surface area contributed by atoms with Crippen LogP contribution in [0.4, 0.5) is 0 Å². The summed E-state index contributed by atoms with van der Waals surface area (Å²) >= 11 is 0. The van der Waals surface area contributed by atoms with Crippen LogP contribution >= 0.6 is 0 Å². The summed E-state index contributed by atoms with van der Waals surface area (Å²) in [7, 11) is 0. The third-order valence-electron chi connectivity index (χ3n) is 3.92. The lowest BCUT2D eigenvalue weighted by Crippen LogP contribution is -2.49. The number of rotatable bonds is 5. The van der Waals surface area contributed by atoms with Gasteiger partial charge in [-0.1, -0.05) is 30.3 Å². The number of piperazine rings is 1. The lowest BCUT2D eigenvalue weighted by atomic mass is 10.1. The molecule has 2 rings (SSSR count). The highest BCUT2D eigenvalue weighted by Gasteiger charge is 2.20. The van der Waals surface area contributed by atoms with Crippen molar-refractivity contribution < 1.29 is 0 Å². The summed E-state index contributed by atoms with van der Waals surface area (Å²) < 4.78 is 0. The van der Waals surface area contributed by atoms with Gasteiger partial charge in [0.05, 0.1) is 12.1 Å². The van der Waals surface area contributed by atoms with Crippen LogP contribution in [0.15, 0.2) is 30.3 Å². The minimum absolute atomic E-state index is 0.0615. The molecule has 0 bridgehead atoms. The number of nitriles is 1. The van der Waals surface area contributed by atoms with E-state index >= 15 is 0 Å². The average Bonchev–Trinajstić information content (AvgIpc) is 2.48. The molecule has 0 aromatic heterocycles. The third-order valence-corrected chi connectivity index (χ3v) is 3.92. The highest BCUT2D eigenvalue weighted by atomic mass is 15.3. The van der Waals surface area contributed by atoms with Crippen LogP contribution in [0.25, 0.3) is 0 Å². The monoisotopic (exact) mass is 257 g/mol. The lowest BCUT2D eigenvalue weighted by molar-refractivity contribution is 0.118. The topological polar surface area (TPSA) is 30.3 Å². The molecule has 1 atom stereocenters. The Morgan fingerprint density at radius 3 is 2.47 bits per heavy atom. The van der Waals surface area contributed by atoms with E-state index in [1.54, 1.807) is 0 Å². The second kappa shape index (κ2) is 7.28. The summed E-state index contributed by atoms with van der Waals surface area (Å²) in [5.74, 6) is 0. The van der Waals surface area contributed by atoms with E-state index in [1.807, 2.05) is 6.92 Å². The fraction of sp³-hybridized carbons (Fsp3) is 0.562. The van der Waals surface area contributed by atoms with E-state index in [0.29, 0.717) is 0 Å². The van der Waals surface area contributed by atoms with Gasteiger partial charge in [-0.3, -0.25) is 4.90 Å². The van der Waals surface area contributed by atoms with Crippen molar-refractivity contribution in [2.24, 2.45) is 0 Å². The van der Waals surface area contributed by atoms with Gasteiger partial charge in [-0.15, -0.1) is 0 Å². The summed E-state index contributed by atoms with van der Waals surface area (Å²) in [6.07, 6.45) is 2.38. The summed E-state index contributed by atoms with van der Waals surface area (Å²) in [5.41, 5.74) is 1.43. The highest BCUT2D eigenvalue weighted by Crippen LogP contribution is 2.08. The van der Waals surface area contributed by atoms with Crippen molar-refractivity contribution in [2.45, 2.75) is 25.8 Å². The zero-order valence-corrected chi connectivity index (χ0v) is 11.8. The Bertz CT molecular complexity index is 402. The molecule has 0 aliphatic carbocycles. The van der Waals surface area contributed by atoms with Gasteiger partial charge in [-0.05, 0) is 31.9 Å². The van der Waals surface area contributed by atoms with Crippen molar-refractivity contribution >= 4 is 0 Å². The van der Waals surface area contributed by atoms with Crippen LogP contribution in [0.1, 0.15) is 18.9 Å². The molecule has 0 N–H and O–H groups in total. The van der Waals surface area contributed by atoms with Gasteiger partial charge in [0.15, 0.2) is 0 Å². The quantitative estimate of drug-likeness (QED) is 0.809. The molecule has 0 spiro atoms. The zero-order valence-electron chi connectivity index (χ0n) is 11.8. The van der Waals surface area contributed by atoms with Gasteiger partial charge in [-0.25, -0.2) is 0 Å². The van der Waals surface area contributed by atoms with E-state index in [4.69, 9.17) is 5.26 Å². The van der Waals surface area contributed by atoms with Crippen molar-refractivity contribution in [3.8, 4) is 6.07 Å². The van der Waals surface area contributed by atoms with E-state index < -0.39 is 0 Å². The first kappa shape index (κ1) is 14.0. The van der Waals surface area contributed by atoms with Gasteiger partial charge < -0.3 is 4.90 Å². The fourth-order valence-electron chi connectivity index (χ4n) is 2.61. The molecule has 3 nitrogen and oxygen atoms in total. The van der Waals surface area contributed by atoms with E-state index in [-0.39, 0.29) is 6.04 Å². The lowest BCUT2D eigenvalue weighted by Gasteiger charge is -2.35. The van der Waals surface area contributed by atoms with Crippen LogP contribution in [-0.2, 0) is 6.42 Å². The maximum atomic E-state index is 8.92. The van der Waals surface area contributed by atoms with Crippen LogP contribution in [0, 0.1) is 11.3 Å². The molecule has 1 saturated heterocycles. The molecule has 1 aliphatic rings. The smallest absolute Gasteiger partial charge is 0.0950 e. The summed E-state index contributed by atoms with van der Waals surface area (Å²) in [4.78, 5) is 4.79. The molecule has 0 radical (unpaired) electrons. The number of hydrogen-bond acceptors (Lipinski definition) is 3. The molecule has 1 aromatic carbocycles. The van der Waals surface area contributed by atoms with Crippen LogP contribution in [0.5, 0.6) is 0 Å². The van der Waals surface area contributed by atoms with E-state index in [2.05, 4.69) is 46.2 Å². The summed E-state index contributed by atoms with van der Waals surface area (Å²) in [6.45, 7) is 7.41. The second-order valence-corrected chi connectivity index (χ2v) is 5.27. The molecule has 0 saturated carbocycles. The summed E-state index contributed by atoms with van der Waals surface area (Å²) in [5, 5.41) is 8.92. The number of benzene rings is 1. The number of nitrogens with zero attached hydrogens (tertiary/aromatic N) is 3. The van der Waals surface area contributed by atoms with Crippen LogP contribution in [0.2, 0.25) is 0 Å². The first-order chi connectivity index (χ1) is 9.29. The van der Waals surface area contributed by atoms with Crippen LogP contribution in [-0.4, -0.2) is 48.6 Å². The van der Waals surface area contributed by atoms with Gasteiger partial charge in [0.1, 0.15) is 0 Å². The second-order valence-electron chi connectivity index (χ2n) is 5.27. The van der Waals surface area contributed by atoms with Crippen molar-refractivity contribution in [3.63, 3.8) is 0 Å². The third kappa shape index (κ3) is 4.34. The van der Waals surface area contributed by atoms with Crippen LogP contribution < -0.4 is 0 Å². The molecule has 3 heteroatoms. The van der Waals surface area contributed by atoms with Gasteiger partial charge in [0, 0.05) is 26.2 Å². The highest BCUT2D eigenvalue weighted by molar-refractivity contribution is 5.14. The SMILES string of the molecule is CC(C#N)N1CCN(CCCc2ccccc2)CC1. The number of hydrogen-bond donors (Lipinski definition) is 0. The normalized spacial score (nSPS) is 18.9. The average molecular weight is 257 g/mol. The van der Waals surface area contributed by atoms with E-state index in [9.17, 15) is 0 Å². The standard InChI is InChI=1S/C16H23N3/c1-15(14-17)19-12-10-18(11-13-19)9-5-8-16-6-3-2-4-7-16/h2-4,6-7,15H,5,8-13H2,1H3. The maximum absolute atomic E-state index is 8.92. The van der Waals surface area contributed by atoms with Crippen molar-refractivity contribution in [2.75, 3.05) is 32.7 Å². The van der Waals surface area contributed by atoms with Crippen molar-refractivity contribution in [1.29, 1.82) is 5.26 Å². The Labute approximate surface area is 116 Å². The van der Waals surface area contributed by atoms with Gasteiger partial charge in [0.2, 0.25) is 0 Å². The Morgan fingerprint density at radius 2 is 1.84 bits per heavy atom. The van der Waals surface area contributed by atoms with Gasteiger partial charge in [-0.2, -0.15) is 5.26 Å². The Kier molecular flexibility index (Phi) is 5.38. The van der Waals surface area contributed by atoms with E-state index in [0.717, 1.165) is 32.6 Å². The van der Waals surface area contributed by atoms with Gasteiger partial charge in [0.25, 0.3) is 0 Å². The zero-order chi connectivity index (χ0) is 13.5. The largest absolute Gasteiger partial charge is 0.301 e. The molecule has 0 amide bonds. The molecule has 1 unspecified atom stereocenters. The predicted octanol–water partition coefficient (Wildman–Crippen LogP) is 2.15. The molecule has 1 fully saturated rings. The molecule has 102 valence electrons. The molecular weight excluding hydrogens is 234 g/mol. The Balaban J connectivity index is 1.65. The molecule has 19 heavy (non-hydrogen) atoms. The van der Waals surface area contributed by atoms with Crippen LogP contribution in [0.3, 0.4) is 0 Å². The van der Waals surface area contributed by atoms with Crippen molar-refractivity contribution in [3.05, 3.63) is 35.9 Å². The minimum Gasteiger partial charge on any atom is -0.301 e. The molecule has 1 heterocycles. The predicted molar refractivity (Wildman–Crippen MR) is 77.9 cm³/mol. The Hall–Kier alpha value is -1.37. The van der Waals surface area contributed by atoms with Crippen molar-refractivity contribution in [1.82, 2.24) is 9.80 Å². The first-order valence-corrected chi connectivity index (χ1v) is 7.19. The number of aryl methyl sites for hydroxylation is 1. The first-order valence-electron chi connectivity index (χ1n) is 7.19. The van der Waals surface area contributed by atoms with Gasteiger partial charge >= 0.3 is 0 Å². The fourth-order valence-corrected chi connectivity index (χ4v) is 2.61. The Morgan fingerprint density at radius 1 is 1.16 bits per heavy atom. The minimum atomic E-state index is 0.0615. The maximum Gasteiger partial charge on any atom is 0.0950 e. The molecule has 1 aliphatic heterocycles. The molecular formula is C16H23N3.